The number of halogens is 2. The lowest BCUT2D eigenvalue weighted by atomic mass is 10.0. The summed E-state index contributed by atoms with van der Waals surface area (Å²) in [5.41, 5.74) is 1.61. The van der Waals surface area contributed by atoms with Gasteiger partial charge >= 0.3 is 5.97 Å². The Morgan fingerprint density at radius 1 is 0.931 bits per heavy atom. The van der Waals surface area contributed by atoms with Crippen molar-refractivity contribution in [3.8, 4) is 0 Å². The summed E-state index contributed by atoms with van der Waals surface area (Å²) in [5.74, 6) is -7.39. The van der Waals surface area contributed by atoms with Gasteiger partial charge in [-0.05, 0) is 76.1 Å². The number of nitrogens with zero attached hydrogens (tertiary/aromatic N) is 3. The average Bonchev–Trinajstić information content (AvgIpc) is 3.80. The van der Waals surface area contributed by atoms with E-state index in [1.54, 1.807) is 12.1 Å². The van der Waals surface area contributed by atoms with Crippen molar-refractivity contribution in [2.24, 2.45) is 5.92 Å². The molecule has 0 bridgehead atoms. The fourth-order valence-electron chi connectivity index (χ4n) is 7.95. The van der Waals surface area contributed by atoms with Crippen LogP contribution in [0.4, 0.5) is 8.78 Å². The van der Waals surface area contributed by atoms with Gasteiger partial charge in [0, 0.05) is 32.6 Å². The number of aliphatic hydroxyl groups excluding tert-OH is 1. The van der Waals surface area contributed by atoms with Gasteiger partial charge in [-0.1, -0.05) is 36.8 Å². The molecule has 17 heteroatoms. The standard InChI is InChI=1S/C41H52F2N6O9/c1-21-9-11-26(12-10-21)18-33(51)45-30(17-27-15-28(42)19-29(43)16-27)36(52)46-34-25(5)58-41(57)32-14-22(2)20-49(32)38(54)23(3)44-37(53)35(24(4)50)47(6)39(55)31-8-7-13-48(31)40(34)56/h9-12,15-16,19,22-25,30-32,34-35,50H,7-8,13-14,17-18,20H2,1-6H3,(H,44,53)(H,45,51)(H,46,52)/t22-,23-,24-,25-,30-,31-,32?,34-,35-/m0/s1. The van der Waals surface area contributed by atoms with Crippen molar-refractivity contribution in [3.05, 3.63) is 70.8 Å². The summed E-state index contributed by atoms with van der Waals surface area (Å²) in [6.07, 6.45) is -2.65. The lowest BCUT2D eigenvalue weighted by Gasteiger charge is -2.37. The monoisotopic (exact) mass is 810 g/mol. The zero-order chi connectivity index (χ0) is 42.6. The largest absolute Gasteiger partial charge is 0.458 e. The number of benzene rings is 2. The van der Waals surface area contributed by atoms with Crippen LogP contribution in [0.15, 0.2) is 42.5 Å². The van der Waals surface area contributed by atoms with Crippen molar-refractivity contribution in [1.82, 2.24) is 30.7 Å². The normalized spacial score (nSPS) is 27.0. The van der Waals surface area contributed by atoms with Crippen LogP contribution in [0.5, 0.6) is 0 Å². The lowest BCUT2D eigenvalue weighted by molar-refractivity contribution is -0.163. The molecule has 3 aliphatic rings. The Morgan fingerprint density at radius 2 is 1.59 bits per heavy atom. The molecule has 314 valence electrons. The average molecular weight is 811 g/mol. The van der Waals surface area contributed by atoms with E-state index in [9.17, 15) is 47.4 Å². The summed E-state index contributed by atoms with van der Waals surface area (Å²) in [6.45, 7) is 7.99. The van der Waals surface area contributed by atoms with Gasteiger partial charge in [-0.25, -0.2) is 13.6 Å². The molecule has 0 spiro atoms. The van der Waals surface area contributed by atoms with Crippen molar-refractivity contribution in [1.29, 1.82) is 0 Å². The number of aryl methyl sites for hydroxylation is 1. The van der Waals surface area contributed by atoms with Crippen molar-refractivity contribution in [2.45, 2.75) is 115 Å². The maximum absolute atomic E-state index is 14.6. The third-order valence-electron chi connectivity index (χ3n) is 10.9. The number of nitrogens with one attached hydrogen (secondary N) is 3. The minimum atomic E-state index is -1.67. The number of hydrogen-bond donors (Lipinski definition) is 4. The number of aliphatic hydroxyl groups is 1. The van der Waals surface area contributed by atoms with Gasteiger partial charge in [0.2, 0.25) is 35.4 Å². The summed E-state index contributed by atoms with van der Waals surface area (Å²) in [6, 6.07) is 1.70. The van der Waals surface area contributed by atoms with Gasteiger partial charge in [-0.15, -0.1) is 0 Å². The molecule has 9 atom stereocenters. The Balaban J connectivity index is 1.51. The highest BCUT2D eigenvalue weighted by Gasteiger charge is 2.47. The van der Waals surface area contributed by atoms with Crippen LogP contribution in [-0.2, 0) is 51.1 Å². The number of hydrogen-bond acceptors (Lipinski definition) is 9. The van der Waals surface area contributed by atoms with Gasteiger partial charge in [0.05, 0.1) is 12.5 Å². The summed E-state index contributed by atoms with van der Waals surface area (Å²) in [5, 5.41) is 18.5. The van der Waals surface area contributed by atoms with Gasteiger partial charge in [0.25, 0.3) is 0 Å². The summed E-state index contributed by atoms with van der Waals surface area (Å²) in [4.78, 5) is 101. The smallest absolute Gasteiger partial charge is 0.329 e. The van der Waals surface area contributed by atoms with Gasteiger partial charge in [0.15, 0.2) is 0 Å². The fourth-order valence-corrected chi connectivity index (χ4v) is 7.95. The molecule has 3 fully saturated rings. The number of fused-ring (bicyclic) bond motifs is 2. The highest BCUT2D eigenvalue weighted by atomic mass is 19.1. The topological polar surface area (TPSA) is 195 Å². The minimum absolute atomic E-state index is 0.0244. The predicted molar refractivity (Wildman–Crippen MR) is 204 cm³/mol. The first-order chi connectivity index (χ1) is 27.3. The van der Waals surface area contributed by atoms with Crippen LogP contribution in [0, 0.1) is 24.5 Å². The van der Waals surface area contributed by atoms with E-state index in [4.69, 9.17) is 4.74 Å². The van der Waals surface area contributed by atoms with Crippen LogP contribution in [0.3, 0.4) is 0 Å². The van der Waals surface area contributed by atoms with Gasteiger partial charge in [-0.3, -0.25) is 28.8 Å². The fraction of sp³-hybridized carbons (Fsp3) is 0.537. The van der Waals surface area contributed by atoms with Crippen molar-refractivity contribution in [2.75, 3.05) is 20.1 Å². The molecule has 0 saturated carbocycles. The second kappa shape index (κ2) is 18.4. The lowest BCUT2D eigenvalue weighted by Crippen LogP contribution is -2.63. The number of ether oxygens (including phenoxy) is 1. The minimum Gasteiger partial charge on any atom is -0.458 e. The van der Waals surface area contributed by atoms with Gasteiger partial charge < -0.3 is 40.5 Å². The first kappa shape index (κ1) is 43.7. The summed E-state index contributed by atoms with van der Waals surface area (Å²) in [7, 11) is 1.30. The quantitative estimate of drug-likeness (QED) is 0.281. The summed E-state index contributed by atoms with van der Waals surface area (Å²) >= 11 is 0. The first-order valence-electron chi connectivity index (χ1n) is 19.5. The zero-order valence-corrected chi connectivity index (χ0v) is 33.5. The third-order valence-corrected chi connectivity index (χ3v) is 10.9. The van der Waals surface area contributed by atoms with E-state index in [1.807, 2.05) is 26.0 Å². The molecule has 58 heavy (non-hydrogen) atoms. The van der Waals surface area contributed by atoms with E-state index >= 15 is 0 Å². The molecule has 1 unspecified atom stereocenters. The molecular weight excluding hydrogens is 758 g/mol. The number of esters is 1. The number of cyclic esters (lactones) is 1. The van der Waals surface area contributed by atoms with Crippen LogP contribution < -0.4 is 16.0 Å². The van der Waals surface area contributed by atoms with E-state index in [-0.39, 0.29) is 43.8 Å². The molecule has 3 heterocycles. The second-order valence-corrected chi connectivity index (χ2v) is 15.8. The van der Waals surface area contributed by atoms with Gasteiger partial charge in [0.1, 0.15) is 54.0 Å². The Labute approximate surface area is 335 Å². The van der Waals surface area contributed by atoms with Crippen LogP contribution in [0.1, 0.15) is 63.6 Å². The number of carbonyl (C=O) groups is 7. The molecule has 2 aromatic rings. The van der Waals surface area contributed by atoms with Crippen LogP contribution in [-0.4, -0.2) is 130 Å². The molecule has 0 aliphatic carbocycles. The molecule has 5 rings (SSSR count). The maximum atomic E-state index is 14.6. The van der Waals surface area contributed by atoms with Crippen molar-refractivity contribution < 1.29 is 52.2 Å². The molecule has 0 aromatic heterocycles. The molecule has 4 N–H and O–H groups in total. The molecular formula is C41H52F2N6O9. The molecule has 3 aliphatic heterocycles. The number of amides is 6. The Bertz CT molecular complexity index is 1890. The van der Waals surface area contributed by atoms with E-state index in [1.165, 1.54) is 37.6 Å². The van der Waals surface area contributed by atoms with E-state index in [0.717, 1.165) is 22.6 Å². The van der Waals surface area contributed by atoms with Crippen LogP contribution in [0.25, 0.3) is 0 Å². The highest BCUT2D eigenvalue weighted by molar-refractivity contribution is 5.98. The SMILES string of the molecule is Cc1ccc(CC(=O)N[C@@H](Cc2cc(F)cc(F)c2)C(=O)N[C@@H]2C(=O)N3CCC[C@H]3C(=O)N(C)[C@@H]([C@H](C)O)C(=O)N[C@@H](C)C(=O)N3C[C@@H](C)CC3C(=O)O[C@H]2C)cc1. The Morgan fingerprint density at radius 3 is 2.22 bits per heavy atom. The predicted octanol–water partition coefficient (Wildman–Crippen LogP) is 0.914. The Kier molecular flexibility index (Phi) is 13.9. The van der Waals surface area contributed by atoms with Crippen molar-refractivity contribution in [3.63, 3.8) is 0 Å². The molecule has 15 nitrogen and oxygen atoms in total. The highest BCUT2D eigenvalue weighted by Crippen LogP contribution is 2.27. The second-order valence-electron chi connectivity index (χ2n) is 15.8. The van der Waals surface area contributed by atoms with E-state index < -0.39 is 108 Å². The molecule has 2 aromatic carbocycles. The molecule has 6 amide bonds. The van der Waals surface area contributed by atoms with Crippen LogP contribution in [0.2, 0.25) is 0 Å². The third kappa shape index (κ3) is 10.2. The number of rotatable bonds is 8. The van der Waals surface area contributed by atoms with E-state index in [0.29, 0.717) is 18.1 Å². The zero-order valence-electron chi connectivity index (χ0n) is 33.5. The maximum Gasteiger partial charge on any atom is 0.329 e. The van der Waals surface area contributed by atoms with E-state index in [2.05, 4.69) is 16.0 Å². The van der Waals surface area contributed by atoms with Gasteiger partial charge in [-0.2, -0.15) is 0 Å². The summed E-state index contributed by atoms with van der Waals surface area (Å²) < 4.78 is 34.5. The van der Waals surface area contributed by atoms with Crippen LogP contribution >= 0.6 is 0 Å². The van der Waals surface area contributed by atoms with Crippen molar-refractivity contribution >= 4 is 41.4 Å². The molecule has 0 radical (unpaired) electrons. The molecule has 3 saturated heterocycles. The number of likely N-dealkylation sites (N-methyl/N-ethyl adjacent to an activating group) is 1. The first-order valence-corrected chi connectivity index (χ1v) is 19.5. The number of carbonyl (C=O) groups excluding carboxylic acids is 7. The Hall–Kier alpha value is -5.45.